The van der Waals surface area contributed by atoms with E-state index < -0.39 is 17.4 Å². The zero-order valence-electron chi connectivity index (χ0n) is 23.8. The van der Waals surface area contributed by atoms with Crippen LogP contribution in [-0.4, -0.2) is 47.6 Å². The van der Waals surface area contributed by atoms with Gasteiger partial charge in [-0.2, -0.15) is 0 Å². The highest BCUT2D eigenvalue weighted by Crippen LogP contribution is 2.37. The van der Waals surface area contributed by atoms with Crippen LogP contribution in [0.2, 0.25) is 0 Å². The number of hydrogen-bond acceptors (Lipinski definition) is 7. The summed E-state index contributed by atoms with van der Waals surface area (Å²) in [6.07, 6.45) is 1.65. The number of nitrogens with one attached hydrogen (secondary N) is 2. The highest BCUT2D eigenvalue weighted by molar-refractivity contribution is 6.04. The van der Waals surface area contributed by atoms with E-state index in [2.05, 4.69) is 15.6 Å². The van der Waals surface area contributed by atoms with Crippen molar-refractivity contribution in [2.45, 2.75) is 33.2 Å². The topological polar surface area (TPSA) is 136 Å². The Kier molecular flexibility index (Phi) is 9.26. The lowest BCUT2D eigenvalue weighted by Crippen LogP contribution is -2.46. The van der Waals surface area contributed by atoms with Crippen molar-refractivity contribution in [3.05, 3.63) is 84.6 Å². The van der Waals surface area contributed by atoms with Crippen molar-refractivity contribution in [1.82, 2.24) is 10.3 Å². The van der Waals surface area contributed by atoms with Gasteiger partial charge < -0.3 is 30.0 Å². The van der Waals surface area contributed by atoms with E-state index in [1.54, 1.807) is 93.7 Å². The quantitative estimate of drug-likeness (QED) is 0.209. The first-order valence-corrected chi connectivity index (χ1v) is 13.3. The summed E-state index contributed by atoms with van der Waals surface area (Å²) in [5, 5.41) is 15.6. The number of aromatic nitrogens is 1. The SMILES string of the molecule is COc1cc2c(Oc3ccc(NC(=O)c4ccccc4)cc3)ccnc2cc1OCCC(NC(=O)C(C)(C)C)C(=O)O. The second-order valence-corrected chi connectivity index (χ2v) is 10.5. The molecule has 2 amide bonds. The van der Waals surface area contributed by atoms with Crippen molar-refractivity contribution in [2.24, 2.45) is 5.41 Å². The first-order valence-electron chi connectivity index (χ1n) is 13.3. The smallest absolute Gasteiger partial charge is 0.326 e. The van der Waals surface area contributed by atoms with Gasteiger partial charge in [0.05, 0.1) is 19.2 Å². The molecule has 1 atom stereocenters. The van der Waals surface area contributed by atoms with Crippen LogP contribution in [0.4, 0.5) is 5.69 Å². The second-order valence-electron chi connectivity index (χ2n) is 10.5. The minimum absolute atomic E-state index is 0.0204. The van der Waals surface area contributed by atoms with E-state index >= 15 is 0 Å². The van der Waals surface area contributed by atoms with E-state index in [0.717, 1.165) is 0 Å². The summed E-state index contributed by atoms with van der Waals surface area (Å²) < 4.78 is 17.5. The van der Waals surface area contributed by atoms with Gasteiger partial charge >= 0.3 is 5.97 Å². The predicted molar refractivity (Wildman–Crippen MR) is 158 cm³/mol. The normalized spacial score (nSPS) is 11.8. The number of nitrogens with zero attached hydrogens (tertiary/aromatic N) is 1. The molecule has 10 heteroatoms. The first-order chi connectivity index (χ1) is 20.0. The fourth-order valence-corrected chi connectivity index (χ4v) is 3.93. The second kappa shape index (κ2) is 13.0. The molecule has 3 N–H and O–H groups in total. The third-order valence-corrected chi connectivity index (χ3v) is 6.31. The van der Waals surface area contributed by atoms with E-state index in [-0.39, 0.29) is 24.8 Å². The minimum atomic E-state index is -1.14. The van der Waals surface area contributed by atoms with Gasteiger partial charge in [-0.3, -0.25) is 14.6 Å². The van der Waals surface area contributed by atoms with E-state index in [4.69, 9.17) is 14.2 Å². The molecular weight excluding hydrogens is 538 g/mol. The molecule has 0 spiro atoms. The van der Waals surface area contributed by atoms with Crippen LogP contribution < -0.4 is 24.8 Å². The molecule has 1 heterocycles. The standard InChI is InChI=1S/C32H33N3O7/c1-32(2,3)31(39)35-24(30(37)38)15-17-41-28-19-25-23(18-27(28)40-4)26(14-16-33-25)42-22-12-10-21(11-13-22)34-29(36)20-8-6-5-7-9-20/h5-14,16,18-19,24H,15,17H2,1-4H3,(H,34,36)(H,35,39)(H,37,38). The van der Waals surface area contributed by atoms with Crippen LogP contribution in [-0.2, 0) is 9.59 Å². The van der Waals surface area contributed by atoms with Gasteiger partial charge in [-0.25, -0.2) is 4.79 Å². The molecule has 42 heavy (non-hydrogen) atoms. The zero-order valence-corrected chi connectivity index (χ0v) is 23.8. The van der Waals surface area contributed by atoms with Gasteiger partial charge in [0.1, 0.15) is 17.5 Å². The number of benzene rings is 3. The Balaban J connectivity index is 1.45. The van der Waals surface area contributed by atoms with Crippen LogP contribution in [0.5, 0.6) is 23.0 Å². The summed E-state index contributed by atoms with van der Waals surface area (Å²) in [5.74, 6) is 0.156. The highest BCUT2D eigenvalue weighted by atomic mass is 16.5. The zero-order chi connectivity index (χ0) is 30.3. The maximum absolute atomic E-state index is 12.4. The van der Waals surface area contributed by atoms with Gasteiger partial charge in [-0.05, 0) is 48.5 Å². The molecule has 0 aliphatic carbocycles. The monoisotopic (exact) mass is 571 g/mol. The number of methoxy groups -OCH3 is 1. The summed E-state index contributed by atoms with van der Waals surface area (Å²) in [4.78, 5) is 40.8. The van der Waals surface area contributed by atoms with Gasteiger partial charge in [0, 0.05) is 40.7 Å². The number of carbonyl (C=O) groups excluding carboxylic acids is 2. The van der Waals surface area contributed by atoms with Gasteiger partial charge in [0.2, 0.25) is 5.91 Å². The summed E-state index contributed by atoms with van der Waals surface area (Å²) in [6.45, 7) is 5.16. The fourth-order valence-electron chi connectivity index (χ4n) is 3.93. The lowest BCUT2D eigenvalue weighted by atomic mass is 9.95. The van der Waals surface area contributed by atoms with Gasteiger partial charge in [-0.1, -0.05) is 39.0 Å². The van der Waals surface area contributed by atoms with Crippen molar-refractivity contribution in [3.63, 3.8) is 0 Å². The van der Waals surface area contributed by atoms with Gasteiger partial charge in [0.15, 0.2) is 11.5 Å². The molecule has 3 aromatic carbocycles. The largest absolute Gasteiger partial charge is 0.493 e. The van der Waals surface area contributed by atoms with E-state index in [1.807, 2.05) is 6.07 Å². The third kappa shape index (κ3) is 7.54. The Bertz CT molecular complexity index is 1570. The van der Waals surface area contributed by atoms with Crippen LogP contribution in [0.25, 0.3) is 10.9 Å². The summed E-state index contributed by atoms with van der Waals surface area (Å²) in [7, 11) is 1.50. The number of fused-ring (bicyclic) bond motifs is 1. The summed E-state index contributed by atoms with van der Waals surface area (Å²) in [5.41, 5.74) is 1.04. The maximum atomic E-state index is 12.4. The molecule has 4 aromatic rings. The molecule has 1 aromatic heterocycles. The molecule has 0 fully saturated rings. The molecule has 0 radical (unpaired) electrons. The molecule has 0 saturated heterocycles. The highest BCUT2D eigenvalue weighted by Gasteiger charge is 2.27. The van der Waals surface area contributed by atoms with Crippen LogP contribution in [0.15, 0.2) is 79.0 Å². The molecule has 4 rings (SSSR count). The average Bonchev–Trinajstić information content (AvgIpc) is 2.97. The Morgan fingerprint density at radius 2 is 1.64 bits per heavy atom. The maximum Gasteiger partial charge on any atom is 0.326 e. The number of ether oxygens (including phenoxy) is 3. The Labute approximate surface area is 243 Å². The van der Waals surface area contributed by atoms with Crippen molar-refractivity contribution in [1.29, 1.82) is 0 Å². The fraction of sp³-hybridized carbons (Fsp3) is 0.250. The van der Waals surface area contributed by atoms with Crippen molar-refractivity contribution < 1.29 is 33.7 Å². The number of aliphatic carboxylic acids is 1. The molecule has 0 aliphatic rings. The van der Waals surface area contributed by atoms with E-state index in [1.165, 1.54) is 7.11 Å². The number of carboxylic acids is 1. The molecule has 0 saturated carbocycles. The third-order valence-electron chi connectivity index (χ3n) is 6.31. The van der Waals surface area contributed by atoms with Crippen LogP contribution in [0.3, 0.4) is 0 Å². The molecule has 10 nitrogen and oxygen atoms in total. The lowest BCUT2D eigenvalue weighted by molar-refractivity contribution is -0.143. The Morgan fingerprint density at radius 1 is 0.929 bits per heavy atom. The predicted octanol–water partition coefficient (Wildman–Crippen LogP) is 5.67. The molecule has 0 bridgehead atoms. The van der Waals surface area contributed by atoms with Crippen molar-refractivity contribution >= 4 is 34.4 Å². The van der Waals surface area contributed by atoms with E-state index in [0.29, 0.717) is 45.2 Å². The van der Waals surface area contributed by atoms with Gasteiger partial charge in [-0.15, -0.1) is 0 Å². The molecule has 0 aliphatic heterocycles. The number of pyridine rings is 1. The van der Waals surface area contributed by atoms with Crippen LogP contribution in [0.1, 0.15) is 37.6 Å². The molecular formula is C32H33N3O7. The van der Waals surface area contributed by atoms with Crippen LogP contribution >= 0.6 is 0 Å². The Morgan fingerprint density at radius 3 is 2.29 bits per heavy atom. The number of carbonyl (C=O) groups is 3. The van der Waals surface area contributed by atoms with Crippen molar-refractivity contribution in [2.75, 3.05) is 19.0 Å². The summed E-state index contributed by atoms with van der Waals surface area (Å²) >= 11 is 0. The number of hydrogen-bond donors (Lipinski definition) is 3. The number of amides is 2. The lowest BCUT2D eigenvalue weighted by Gasteiger charge is -2.22. The number of carboxylic acid groups (broad SMARTS) is 1. The first kappa shape index (κ1) is 29.9. The minimum Gasteiger partial charge on any atom is -0.493 e. The van der Waals surface area contributed by atoms with Gasteiger partial charge in [0.25, 0.3) is 5.91 Å². The number of rotatable bonds is 11. The molecule has 218 valence electrons. The average molecular weight is 572 g/mol. The molecule has 1 unspecified atom stereocenters. The number of anilines is 1. The van der Waals surface area contributed by atoms with E-state index in [9.17, 15) is 19.5 Å². The summed E-state index contributed by atoms with van der Waals surface area (Å²) in [6, 6.07) is 20.0. The van der Waals surface area contributed by atoms with Crippen molar-refractivity contribution in [3.8, 4) is 23.0 Å². The van der Waals surface area contributed by atoms with Crippen LogP contribution in [0, 0.1) is 5.41 Å². The Hall–Kier alpha value is -5.12.